The second kappa shape index (κ2) is 8.62. The van der Waals surface area contributed by atoms with E-state index in [2.05, 4.69) is 127 Å². The summed E-state index contributed by atoms with van der Waals surface area (Å²) in [5, 5.41) is 2.73. The van der Waals surface area contributed by atoms with E-state index in [-0.39, 0.29) is 0 Å². The van der Waals surface area contributed by atoms with Crippen LogP contribution in [-0.4, -0.2) is 0 Å². The zero-order chi connectivity index (χ0) is 18.3. The standard InChI is InChI=1S/C26H21P/c1-5-13-22(14-6-1)26(23-15-7-2-8-16-23)21-27(24-17-9-3-10-18-24)25-19-11-4-12-20-25/h1-21H. The maximum absolute atomic E-state index is 2.46. The van der Waals surface area contributed by atoms with Gasteiger partial charge in [0.1, 0.15) is 0 Å². The van der Waals surface area contributed by atoms with Crippen LogP contribution in [0.1, 0.15) is 11.1 Å². The molecule has 0 N–H and O–H groups in total. The van der Waals surface area contributed by atoms with E-state index >= 15 is 0 Å². The quantitative estimate of drug-likeness (QED) is 0.369. The Hall–Kier alpha value is -2.95. The third-order valence-electron chi connectivity index (χ3n) is 4.50. The molecule has 0 bridgehead atoms. The molecule has 1 heteroatoms. The van der Waals surface area contributed by atoms with Crippen molar-refractivity contribution >= 4 is 24.1 Å². The van der Waals surface area contributed by atoms with E-state index in [1.807, 2.05) is 0 Å². The summed E-state index contributed by atoms with van der Waals surface area (Å²) >= 11 is 0. The van der Waals surface area contributed by atoms with Crippen LogP contribution in [0.5, 0.6) is 0 Å². The lowest BCUT2D eigenvalue weighted by molar-refractivity contribution is 1.55. The van der Waals surface area contributed by atoms with E-state index in [1.165, 1.54) is 27.3 Å². The molecular formula is C26H21P. The predicted octanol–water partition coefficient (Wildman–Crippen LogP) is 6.21. The van der Waals surface area contributed by atoms with Gasteiger partial charge in [-0.3, -0.25) is 0 Å². The van der Waals surface area contributed by atoms with Crippen molar-refractivity contribution in [3.63, 3.8) is 0 Å². The van der Waals surface area contributed by atoms with Crippen LogP contribution < -0.4 is 10.6 Å². The molecule has 0 radical (unpaired) electrons. The van der Waals surface area contributed by atoms with Crippen molar-refractivity contribution in [1.29, 1.82) is 0 Å². The number of hydrogen-bond donors (Lipinski definition) is 0. The van der Waals surface area contributed by atoms with Gasteiger partial charge >= 0.3 is 0 Å². The lowest BCUT2D eigenvalue weighted by Crippen LogP contribution is -2.10. The van der Waals surface area contributed by atoms with Crippen molar-refractivity contribution in [3.8, 4) is 0 Å². The van der Waals surface area contributed by atoms with Gasteiger partial charge in [0.25, 0.3) is 0 Å². The molecule has 0 nitrogen and oxygen atoms in total. The molecule has 130 valence electrons. The van der Waals surface area contributed by atoms with E-state index in [4.69, 9.17) is 0 Å². The molecule has 0 saturated heterocycles. The highest BCUT2D eigenvalue weighted by Crippen LogP contribution is 2.40. The predicted molar refractivity (Wildman–Crippen MR) is 119 cm³/mol. The third-order valence-corrected chi connectivity index (χ3v) is 6.72. The first-order valence-electron chi connectivity index (χ1n) is 9.14. The van der Waals surface area contributed by atoms with Crippen molar-refractivity contribution in [2.45, 2.75) is 0 Å². The van der Waals surface area contributed by atoms with Gasteiger partial charge in [0, 0.05) is 0 Å². The molecule has 0 aliphatic heterocycles. The van der Waals surface area contributed by atoms with Gasteiger partial charge in [-0.05, 0) is 41.0 Å². The third kappa shape index (κ3) is 4.25. The van der Waals surface area contributed by atoms with Gasteiger partial charge in [0.2, 0.25) is 0 Å². The first-order valence-corrected chi connectivity index (χ1v) is 10.5. The van der Waals surface area contributed by atoms with Crippen LogP contribution in [0, 0.1) is 0 Å². The van der Waals surface area contributed by atoms with Crippen LogP contribution >= 0.6 is 7.92 Å². The Labute approximate surface area is 162 Å². The second-order valence-corrected chi connectivity index (χ2v) is 8.35. The Balaban J connectivity index is 1.90. The zero-order valence-electron chi connectivity index (χ0n) is 15.1. The lowest BCUT2D eigenvalue weighted by atomic mass is 10.00. The molecule has 0 unspecified atom stereocenters. The van der Waals surface area contributed by atoms with Crippen molar-refractivity contribution < 1.29 is 0 Å². The highest BCUT2D eigenvalue weighted by molar-refractivity contribution is 7.76. The maximum Gasteiger partial charge on any atom is -0.0100 e. The number of rotatable bonds is 5. The first-order chi connectivity index (χ1) is 13.4. The average molecular weight is 364 g/mol. The highest BCUT2D eigenvalue weighted by Gasteiger charge is 2.14. The summed E-state index contributed by atoms with van der Waals surface area (Å²) < 4.78 is 0. The van der Waals surface area contributed by atoms with Crippen LogP contribution in [0.3, 0.4) is 0 Å². The van der Waals surface area contributed by atoms with Crippen molar-refractivity contribution in [1.82, 2.24) is 0 Å². The van der Waals surface area contributed by atoms with E-state index in [1.54, 1.807) is 0 Å². The van der Waals surface area contributed by atoms with E-state index < -0.39 is 7.92 Å². The summed E-state index contributed by atoms with van der Waals surface area (Å²) in [5.74, 6) is 2.46. The molecule has 4 aromatic carbocycles. The highest BCUT2D eigenvalue weighted by atomic mass is 31.1. The molecule has 0 amide bonds. The van der Waals surface area contributed by atoms with Crippen LogP contribution in [0.15, 0.2) is 127 Å². The Morgan fingerprint density at radius 3 is 1.15 bits per heavy atom. The lowest BCUT2D eigenvalue weighted by Gasteiger charge is -2.18. The van der Waals surface area contributed by atoms with Crippen LogP contribution in [0.25, 0.3) is 5.57 Å². The second-order valence-electron chi connectivity index (χ2n) is 6.32. The van der Waals surface area contributed by atoms with Crippen molar-refractivity contribution in [2.75, 3.05) is 0 Å². The molecule has 0 atom stereocenters. The van der Waals surface area contributed by atoms with Gasteiger partial charge in [-0.2, -0.15) is 0 Å². The minimum atomic E-state index is -0.600. The minimum Gasteiger partial charge on any atom is -0.0622 e. The topological polar surface area (TPSA) is 0 Å². The number of benzene rings is 4. The van der Waals surface area contributed by atoms with Gasteiger partial charge in [0.05, 0.1) is 0 Å². The summed E-state index contributed by atoms with van der Waals surface area (Å²) in [6.45, 7) is 0. The molecule has 0 fully saturated rings. The molecule has 0 aromatic heterocycles. The Morgan fingerprint density at radius 1 is 0.444 bits per heavy atom. The van der Waals surface area contributed by atoms with E-state index in [0.717, 1.165) is 0 Å². The summed E-state index contributed by atoms with van der Waals surface area (Å²) in [6.07, 6.45) is 0. The first kappa shape index (κ1) is 17.5. The molecule has 0 heterocycles. The minimum absolute atomic E-state index is 0.600. The fourth-order valence-corrected chi connectivity index (χ4v) is 5.29. The normalized spacial score (nSPS) is 10.6. The van der Waals surface area contributed by atoms with Gasteiger partial charge in [-0.25, -0.2) is 0 Å². The zero-order valence-corrected chi connectivity index (χ0v) is 16.0. The molecule has 4 aromatic rings. The van der Waals surface area contributed by atoms with Gasteiger partial charge < -0.3 is 0 Å². The Morgan fingerprint density at radius 2 is 0.778 bits per heavy atom. The van der Waals surface area contributed by atoms with Gasteiger partial charge in [-0.15, -0.1) is 0 Å². The van der Waals surface area contributed by atoms with Crippen LogP contribution in [0.4, 0.5) is 0 Å². The van der Waals surface area contributed by atoms with E-state index in [9.17, 15) is 0 Å². The van der Waals surface area contributed by atoms with Gasteiger partial charge in [-0.1, -0.05) is 121 Å². The Kier molecular flexibility index (Phi) is 5.58. The average Bonchev–Trinajstić information content (AvgIpc) is 2.77. The molecule has 0 aliphatic carbocycles. The van der Waals surface area contributed by atoms with Crippen LogP contribution in [-0.2, 0) is 0 Å². The molecule has 4 rings (SSSR count). The smallest absolute Gasteiger partial charge is 0.0100 e. The number of hydrogen-bond acceptors (Lipinski definition) is 0. The van der Waals surface area contributed by atoms with Crippen molar-refractivity contribution in [3.05, 3.63) is 138 Å². The van der Waals surface area contributed by atoms with Gasteiger partial charge in [0.15, 0.2) is 0 Å². The Bertz CT molecular complexity index is 910. The summed E-state index contributed by atoms with van der Waals surface area (Å²) in [6, 6.07) is 43.0. The van der Waals surface area contributed by atoms with Crippen molar-refractivity contribution in [2.24, 2.45) is 0 Å². The fraction of sp³-hybridized carbons (Fsp3) is 0. The molecule has 0 spiro atoms. The SMILES string of the molecule is C(=C(c1ccccc1)c1ccccc1)P(c1ccccc1)c1ccccc1. The molecule has 27 heavy (non-hydrogen) atoms. The summed E-state index contributed by atoms with van der Waals surface area (Å²) in [5.41, 5.74) is 3.79. The van der Waals surface area contributed by atoms with E-state index in [0.29, 0.717) is 0 Å². The molecular weight excluding hydrogens is 343 g/mol. The fourth-order valence-electron chi connectivity index (χ4n) is 3.16. The maximum atomic E-state index is 2.46. The summed E-state index contributed by atoms with van der Waals surface area (Å²) in [7, 11) is -0.600. The molecule has 0 aliphatic rings. The summed E-state index contributed by atoms with van der Waals surface area (Å²) in [4.78, 5) is 0. The monoisotopic (exact) mass is 364 g/mol. The largest absolute Gasteiger partial charge is 0.0622 e. The molecule has 0 saturated carbocycles. The van der Waals surface area contributed by atoms with Crippen LogP contribution in [0.2, 0.25) is 0 Å².